The number of methoxy groups -OCH3 is 2. The Bertz CT molecular complexity index is 1260. The Morgan fingerprint density at radius 2 is 1.56 bits per heavy atom. The van der Waals surface area contributed by atoms with Gasteiger partial charge in [-0.1, -0.05) is 42.5 Å². The van der Waals surface area contributed by atoms with Crippen molar-refractivity contribution in [2.45, 2.75) is 13.5 Å². The fraction of sp³-hybridized carbons (Fsp3) is 0.148. The zero-order chi connectivity index (χ0) is 22.5. The van der Waals surface area contributed by atoms with Gasteiger partial charge >= 0.3 is 0 Å². The summed E-state index contributed by atoms with van der Waals surface area (Å²) < 4.78 is 17.0. The van der Waals surface area contributed by atoms with E-state index in [1.54, 1.807) is 32.4 Å². The van der Waals surface area contributed by atoms with Crippen LogP contribution in [0, 0.1) is 6.92 Å². The Hall–Kier alpha value is -3.99. The normalized spacial score (nSPS) is 10.6. The quantitative estimate of drug-likeness (QED) is 0.393. The molecule has 32 heavy (non-hydrogen) atoms. The van der Waals surface area contributed by atoms with E-state index >= 15 is 0 Å². The van der Waals surface area contributed by atoms with E-state index in [4.69, 9.17) is 14.2 Å². The van der Waals surface area contributed by atoms with Gasteiger partial charge in [-0.2, -0.15) is 0 Å². The molecule has 0 heterocycles. The number of anilines is 1. The molecule has 0 atom stereocenters. The molecule has 4 rings (SSSR count). The minimum atomic E-state index is -0.233. The summed E-state index contributed by atoms with van der Waals surface area (Å²) in [4.78, 5) is 12.9. The van der Waals surface area contributed by atoms with Crippen LogP contribution in [0.15, 0.2) is 78.9 Å². The molecule has 5 nitrogen and oxygen atoms in total. The van der Waals surface area contributed by atoms with Crippen molar-refractivity contribution in [2.24, 2.45) is 0 Å². The average Bonchev–Trinajstić information content (AvgIpc) is 2.82. The van der Waals surface area contributed by atoms with Gasteiger partial charge < -0.3 is 19.5 Å². The van der Waals surface area contributed by atoms with Gasteiger partial charge in [0.15, 0.2) is 0 Å². The number of fused-ring (bicyclic) bond motifs is 1. The lowest BCUT2D eigenvalue weighted by atomic mass is 10.1. The molecular weight excluding hydrogens is 402 g/mol. The minimum Gasteiger partial charge on any atom is -0.496 e. The van der Waals surface area contributed by atoms with Crippen LogP contribution < -0.4 is 19.5 Å². The predicted octanol–water partition coefficient (Wildman–Crippen LogP) is 6.00. The van der Waals surface area contributed by atoms with Crippen LogP contribution in [0.1, 0.15) is 21.5 Å². The average molecular weight is 428 g/mol. The van der Waals surface area contributed by atoms with Crippen LogP contribution in [0.3, 0.4) is 0 Å². The summed E-state index contributed by atoms with van der Waals surface area (Å²) in [5.41, 5.74) is 2.94. The molecule has 162 valence electrons. The molecule has 0 unspecified atom stereocenters. The van der Waals surface area contributed by atoms with Crippen molar-refractivity contribution in [1.29, 1.82) is 0 Å². The highest BCUT2D eigenvalue weighted by atomic mass is 16.5. The Morgan fingerprint density at radius 3 is 2.38 bits per heavy atom. The van der Waals surface area contributed by atoms with Gasteiger partial charge in [0, 0.05) is 16.5 Å². The van der Waals surface area contributed by atoms with Gasteiger partial charge in [0.2, 0.25) is 0 Å². The second-order valence-corrected chi connectivity index (χ2v) is 7.45. The molecule has 0 aliphatic rings. The molecule has 0 aliphatic carbocycles. The number of nitrogens with one attached hydrogen (secondary N) is 1. The fourth-order valence-electron chi connectivity index (χ4n) is 3.62. The standard InChI is InChI=1S/C27H25NO4/c1-18-11-13-26(31-3)23(15-18)28-27(29)20-12-14-24(30-2)21(16-20)17-32-25-10-6-8-19-7-4-5-9-22(19)25/h4-16H,17H2,1-3H3,(H,28,29). The molecule has 0 aromatic heterocycles. The second-order valence-electron chi connectivity index (χ2n) is 7.45. The van der Waals surface area contributed by atoms with Crippen molar-refractivity contribution in [3.63, 3.8) is 0 Å². The Morgan fingerprint density at radius 1 is 0.812 bits per heavy atom. The fourth-order valence-corrected chi connectivity index (χ4v) is 3.62. The molecule has 0 spiro atoms. The summed E-state index contributed by atoms with van der Waals surface area (Å²) in [6.45, 7) is 2.23. The van der Waals surface area contributed by atoms with E-state index in [0.29, 0.717) is 22.7 Å². The zero-order valence-corrected chi connectivity index (χ0v) is 18.3. The maximum absolute atomic E-state index is 12.9. The molecule has 1 N–H and O–H groups in total. The van der Waals surface area contributed by atoms with E-state index in [2.05, 4.69) is 5.32 Å². The van der Waals surface area contributed by atoms with Crippen LogP contribution in [-0.4, -0.2) is 20.1 Å². The maximum Gasteiger partial charge on any atom is 0.255 e. The number of carbonyl (C=O) groups is 1. The lowest BCUT2D eigenvalue weighted by Gasteiger charge is -2.14. The molecule has 5 heteroatoms. The van der Waals surface area contributed by atoms with Crippen LogP contribution in [-0.2, 0) is 6.61 Å². The summed E-state index contributed by atoms with van der Waals surface area (Å²) in [6.07, 6.45) is 0. The van der Waals surface area contributed by atoms with E-state index in [9.17, 15) is 4.79 Å². The zero-order valence-electron chi connectivity index (χ0n) is 18.3. The van der Waals surface area contributed by atoms with Crippen LogP contribution in [0.5, 0.6) is 17.2 Å². The minimum absolute atomic E-state index is 0.233. The molecule has 0 bridgehead atoms. The van der Waals surface area contributed by atoms with Crippen molar-refractivity contribution in [3.8, 4) is 17.2 Å². The SMILES string of the molecule is COc1ccc(C(=O)Nc2cc(C)ccc2OC)cc1COc1cccc2ccccc12. The summed E-state index contributed by atoms with van der Waals surface area (Å²) in [6, 6.07) is 25.0. The first-order valence-electron chi connectivity index (χ1n) is 10.3. The molecule has 4 aromatic rings. The van der Waals surface area contributed by atoms with E-state index < -0.39 is 0 Å². The first-order valence-corrected chi connectivity index (χ1v) is 10.3. The van der Waals surface area contributed by atoms with Crippen molar-refractivity contribution in [2.75, 3.05) is 19.5 Å². The molecule has 4 aromatic carbocycles. The van der Waals surface area contributed by atoms with Gasteiger partial charge in [-0.15, -0.1) is 0 Å². The Labute approximate surface area is 187 Å². The predicted molar refractivity (Wildman–Crippen MR) is 127 cm³/mol. The lowest BCUT2D eigenvalue weighted by molar-refractivity contribution is 0.102. The van der Waals surface area contributed by atoms with Gasteiger partial charge in [-0.05, 0) is 54.3 Å². The Balaban J connectivity index is 1.57. The van der Waals surface area contributed by atoms with Crippen LogP contribution >= 0.6 is 0 Å². The lowest BCUT2D eigenvalue weighted by Crippen LogP contribution is -2.13. The highest BCUT2D eigenvalue weighted by Gasteiger charge is 2.14. The van der Waals surface area contributed by atoms with Crippen LogP contribution in [0.2, 0.25) is 0 Å². The summed E-state index contributed by atoms with van der Waals surface area (Å²) in [5, 5.41) is 5.08. The van der Waals surface area contributed by atoms with Gasteiger partial charge in [0.25, 0.3) is 5.91 Å². The summed E-state index contributed by atoms with van der Waals surface area (Å²) in [5.74, 6) is 1.82. The van der Waals surface area contributed by atoms with E-state index in [1.807, 2.05) is 67.6 Å². The van der Waals surface area contributed by atoms with E-state index in [0.717, 1.165) is 27.6 Å². The summed E-state index contributed by atoms with van der Waals surface area (Å²) >= 11 is 0. The van der Waals surface area contributed by atoms with Crippen molar-refractivity contribution < 1.29 is 19.0 Å². The smallest absolute Gasteiger partial charge is 0.255 e. The third-order valence-electron chi connectivity index (χ3n) is 5.28. The molecule has 0 saturated heterocycles. The number of ether oxygens (including phenoxy) is 3. The number of hydrogen-bond acceptors (Lipinski definition) is 4. The number of rotatable bonds is 7. The highest BCUT2D eigenvalue weighted by molar-refractivity contribution is 6.05. The van der Waals surface area contributed by atoms with Crippen molar-refractivity contribution in [3.05, 3.63) is 95.6 Å². The monoisotopic (exact) mass is 427 g/mol. The molecule has 0 aliphatic heterocycles. The van der Waals surface area contributed by atoms with Gasteiger partial charge in [-0.3, -0.25) is 4.79 Å². The third-order valence-corrected chi connectivity index (χ3v) is 5.28. The number of aryl methyl sites for hydroxylation is 1. The van der Waals surface area contributed by atoms with Gasteiger partial charge in [-0.25, -0.2) is 0 Å². The summed E-state index contributed by atoms with van der Waals surface area (Å²) in [7, 11) is 3.19. The second kappa shape index (κ2) is 9.43. The molecule has 1 amide bonds. The van der Waals surface area contributed by atoms with E-state index in [-0.39, 0.29) is 12.5 Å². The van der Waals surface area contributed by atoms with E-state index in [1.165, 1.54) is 0 Å². The largest absolute Gasteiger partial charge is 0.496 e. The number of benzene rings is 4. The topological polar surface area (TPSA) is 56.8 Å². The van der Waals surface area contributed by atoms with Crippen molar-refractivity contribution in [1.82, 2.24) is 0 Å². The molecule has 0 fully saturated rings. The first kappa shape index (κ1) is 21.2. The number of hydrogen-bond donors (Lipinski definition) is 1. The Kier molecular flexibility index (Phi) is 6.26. The maximum atomic E-state index is 12.9. The van der Waals surface area contributed by atoms with Gasteiger partial charge in [0.1, 0.15) is 23.9 Å². The van der Waals surface area contributed by atoms with Crippen LogP contribution in [0.4, 0.5) is 5.69 Å². The molecule has 0 saturated carbocycles. The molecular formula is C27H25NO4. The number of amides is 1. The van der Waals surface area contributed by atoms with Crippen LogP contribution in [0.25, 0.3) is 10.8 Å². The van der Waals surface area contributed by atoms with Crippen molar-refractivity contribution >= 4 is 22.4 Å². The first-order chi connectivity index (χ1) is 15.6. The highest BCUT2D eigenvalue weighted by Crippen LogP contribution is 2.29. The molecule has 0 radical (unpaired) electrons. The number of carbonyl (C=O) groups excluding carboxylic acids is 1. The third kappa shape index (κ3) is 4.52. The van der Waals surface area contributed by atoms with Gasteiger partial charge in [0.05, 0.1) is 19.9 Å².